The van der Waals surface area contributed by atoms with Crippen LogP contribution in [-0.4, -0.2) is 11.1 Å². The van der Waals surface area contributed by atoms with Gasteiger partial charge in [0, 0.05) is 0 Å². The van der Waals surface area contributed by atoms with E-state index in [0.717, 1.165) is 5.56 Å². The Morgan fingerprint density at radius 2 is 1.90 bits per heavy atom. The Balaban J connectivity index is 2.26. The van der Waals surface area contributed by atoms with Gasteiger partial charge in [-0.2, -0.15) is 0 Å². The molecule has 0 atom stereocenters. The van der Waals surface area contributed by atoms with E-state index in [-0.39, 0.29) is 10.6 Å². The summed E-state index contributed by atoms with van der Waals surface area (Å²) in [5.74, 6) is 0.568. The third-order valence-electron chi connectivity index (χ3n) is 3.27. The second-order valence-corrected chi connectivity index (χ2v) is 5.63. The van der Waals surface area contributed by atoms with Crippen LogP contribution < -0.4 is 4.74 Å². The van der Waals surface area contributed by atoms with Crippen LogP contribution in [0.2, 0.25) is 5.02 Å². The number of hydrogen-bond donors (Lipinski definition) is 1. The average Bonchev–Trinajstić information content (AvgIpc) is 2.40. The standard InChI is InChI=1S/C17H17ClO3/c1-10(2)14-6-5-13(8-11(14)3)21-16-7-4-12(17(19)20)9-15(16)18/h4-10H,1-3H3,(H,19,20). The molecule has 0 unspecified atom stereocenters. The fourth-order valence-corrected chi connectivity index (χ4v) is 2.42. The summed E-state index contributed by atoms with van der Waals surface area (Å²) in [6, 6.07) is 10.3. The van der Waals surface area contributed by atoms with E-state index in [9.17, 15) is 4.79 Å². The summed E-state index contributed by atoms with van der Waals surface area (Å²) in [6.07, 6.45) is 0. The van der Waals surface area contributed by atoms with E-state index in [0.29, 0.717) is 17.4 Å². The summed E-state index contributed by atoms with van der Waals surface area (Å²) in [6.45, 7) is 6.33. The molecule has 0 bridgehead atoms. The number of carboxylic acid groups (broad SMARTS) is 1. The average molecular weight is 305 g/mol. The first-order valence-corrected chi connectivity index (χ1v) is 7.07. The lowest BCUT2D eigenvalue weighted by Gasteiger charge is -2.13. The molecule has 21 heavy (non-hydrogen) atoms. The number of hydrogen-bond acceptors (Lipinski definition) is 2. The predicted molar refractivity (Wildman–Crippen MR) is 83.8 cm³/mol. The van der Waals surface area contributed by atoms with Crippen LogP contribution >= 0.6 is 11.6 Å². The third kappa shape index (κ3) is 3.56. The van der Waals surface area contributed by atoms with Gasteiger partial charge in [0.1, 0.15) is 11.5 Å². The van der Waals surface area contributed by atoms with Crippen molar-refractivity contribution in [3.8, 4) is 11.5 Å². The Hall–Kier alpha value is -2.00. The Bertz CT molecular complexity index is 678. The van der Waals surface area contributed by atoms with Gasteiger partial charge in [0.05, 0.1) is 10.6 Å². The van der Waals surface area contributed by atoms with Crippen molar-refractivity contribution in [1.82, 2.24) is 0 Å². The normalized spacial score (nSPS) is 10.7. The van der Waals surface area contributed by atoms with Crippen molar-refractivity contribution in [2.24, 2.45) is 0 Å². The molecule has 0 aromatic heterocycles. The quantitative estimate of drug-likeness (QED) is 0.837. The van der Waals surface area contributed by atoms with Crippen LogP contribution in [0.4, 0.5) is 0 Å². The Kier molecular flexibility index (Phi) is 4.53. The molecule has 2 aromatic rings. The van der Waals surface area contributed by atoms with E-state index in [1.54, 1.807) is 6.07 Å². The van der Waals surface area contributed by atoms with Gasteiger partial charge in [0.2, 0.25) is 0 Å². The number of ether oxygens (including phenoxy) is 1. The Labute approximate surface area is 129 Å². The maximum Gasteiger partial charge on any atom is 0.335 e. The lowest BCUT2D eigenvalue weighted by molar-refractivity contribution is 0.0697. The third-order valence-corrected chi connectivity index (χ3v) is 3.57. The first-order valence-electron chi connectivity index (χ1n) is 6.69. The molecular formula is C17H17ClO3. The number of halogens is 1. The maximum atomic E-state index is 10.9. The summed E-state index contributed by atoms with van der Waals surface area (Å²) in [5.41, 5.74) is 2.56. The van der Waals surface area contributed by atoms with E-state index in [1.165, 1.54) is 17.7 Å². The number of rotatable bonds is 4. The molecule has 4 heteroatoms. The largest absolute Gasteiger partial charge is 0.478 e. The minimum atomic E-state index is -1.01. The molecule has 0 fully saturated rings. The fourth-order valence-electron chi connectivity index (χ4n) is 2.20. The molecule has 2 aromatic carbocycles. The maximum absolute atomic E-state index is 10.9. The van der Waals surface area contributed by atoms with Crippen LogP contribution in [0.3, 0.4) is 0 Å². The highest BCUT2D eigenvalue weighted by Crippen LogP contribution is 2.32. The van der Waals surface area contributed by atoms with Crippen molar-refractivity contribution in [3.05, 3.63) is 58.1 Å². The van der Waals surface area contributed by atoms with Gasteiger partial charge in [0.25, 0.3) is 0 Å². The van der Waals surface area contributed by atoms with Crippen molar-refractivity contribution >= 4 is 17.6 Å². The molecule has 0 radical (unpaired) electrons. The van der Waals surface area contributed by atoms with E-state index >= 15 is 0 Å². The van der Waals surface area contributed by atoms with Crippen molar-refractivity contribution in [1.29, 1.82) is 0 Å². The van der Waals surface area contributed by atoms with Crippen molar-refractivity contribution < 1.29 is 14.6 Å². The molecule has 2 rings (SSSR count). The van der Waals surface area contributed by atoms with Crippen molar-refractivity contribution in [2.45, 2.75) is 26.7 Å². The van der Waals surface area contributed by atoms with Gasteiger partial charge in [-0.15, -0.1) is 0 Å². The number of carbonyl (C=O) groups is 1. The zero-order valence-electron chi connectivity index (χ0n) is 12.2. The van der Waals surface area contributed by atoms with E-state index in [2.05, 4.69) is 13.8 Å². The van der Waals surface area contributed by atoms with E-state index < -0.39 is 5.97 Å². The monoisotopic (exact) mass is 304 g/mol. The molecule has 0 aliphatic carbocycles. The summed E-state index contributed by atoms with van der Waals surface area (Å²) in [4.78, 5) is 10.9. The van der Waals surface area contributed by atoms with Gasteiger partial charge in [0.15, 0.2) is 0 Å². The predicted octanol–water partition coefficient (Wildman–Crippen LogP) is 5.26. The van der Waals surface area contributed by atoms with Gasteiger partial charge in [-0.05, 0) is 54.3 Å². The Morgan fingerprint density at radius 3 is 2.43 bits per heavy atom. The van der Waals surface area contributed by atoms with Crippen LogP contribution in [-0.2, 0) is 0 Å². The van der Waals surface area contributed by atoms with Crippen LogP contribution in [0.15, 0.2) is 36.4 Å². The highest BCUT2D eigenvalue weighted by molar-refractivity contribution is 6.32. The van der Waals surface area contributed by atoms with Crippen LogP contribution in [0, 0.1) is 6.92 Å². The summed E-state index contributed by atoms with van der Waals surface area (Å²) in [5, 5.41) is 9.19. The van der Waals surface area contributed by atoms with Crippen molar-refractivity contribution in [3.63, 3.8) is 0 Å². The van der Waals surface area contributed by atoms with Crippen LogP contribution in [0.5, 0.6) is 11.5 Å². The number of benzene rings is 2. The van der Waals surface area contributed by atoms with Crippen LogP contribution in [0.25, 0.3) is 0 Å². The molecule has 0 saturated heterocycles. The molecular weight excluding hydrogens is 288 g/mol. The highest BCUT2D eigenvalue weighted by Gasteiger charge is 2.10. The number of aromatic carboxylic acids is 1. The topological polar surface area (TPSA) is 46.5 Å². The number of carboxylic acids is 1. The zero-order chi connectivity index (χ0) is 15.6. The second-order valence-electron chi connectivity index (χ2n) is 5.23. The summed E-state index contributed by atoms with van der Waals surface area (Å²) >= 11 is 6.06. The minimum Gasteiger partial charge on any atom is -0.478 e. The Morgan fingerprint density at radius 1 is 1.19 bits per heavy atom. The SMILES string of the molecule is Cc1cc(Oc2ccc(C(=O)O)cc2Cl)ccc1C(C)C. The number of aryl methyl sites for hydroxylation is 1. The molecule has 3 nitrogen and oxygen atoms in total. The van der Waals surface area contributed by atoms with E-state index in [4.69, 9.17) is 21.4 Å². The zero-order valence-corrected chi connectivity index (χ0v) is 12.9. The summed E-state index contributed by atoms with van der Waals surface area (Å²) < 4.78 is 5.73. The van der Waals surface area contributed by atoms with Crippen molar-refractivity contribution in [2.75, 3.05) is 0 Å². The van der Waals surface area contributed by atoms with Gasteiger partial charge >= 0.3 is 5.97 Å². The van der Waals surface area contributed by atoms with Gasteiger partial charge in [-0.1, -0.05) is 31.5 Å². The smallest absolute Gasteiger partial charge is 0.335 e. The fraction of sp³-hybridized carbons (Fsp3) is 0.235. The lowest BCUT2D eigenvalue weighted by atomic mass is 9.98. The van der Waals surface area contributed by atoms with Gasteiger partial charge < -0.3 is 9.84 Å². The lowest BCUT2D eigenvalue weighted by Crippen LogP contribution is -1.97. The first kappa shape index (κ1) is 15.4. The van der Waals surface area contributed by atoms with Crippen LogP contribution in [0.1, 0.15) is 41.3 Å². The molecule has 0 heterocycles. The van der Waals surface area contributed by atoms with Gasteiger partial charge in [-0.25, -0.2) is 4.79 Å². The molecule has 0 spiro atoms. The molecule has 110 valence electrons. The molecule has 0 aliphatic rings. The molecule has 0 saturated carbocycles. The molecule has 0 amide bonds. The minimum absolute atomic E-state index is 0.138. The molecule has 0 aliphatic heterocycles. The first-order chi connectivity index (χ1) is 9.88. The highest BCUT2D eigenvalue weighted by atomic mass is 35.5. The second kappa shape index (κ2) is 6.19. The van der Waals surface area contributed by atoms with E-state index in [1.807, 2.05) is 25.1 Å². The summed E-state index contributed by atoms with van der Waals surface area (Å²) in [7, 11) is 0. The molecule has 1 N–H and O–H groups in total. The van der Waals surface area contributed by atoms with Gasteiger partial charge in [-0.3, -0.25) is 0 Å².